The zero-order chi connectivity index (χ0) is 23.8. The minimum atomic E-state index is -5.98. The number of benzene rings is 2. The Labute approximate surface area is 172 Å². The lowest BCUT2D eigenvalue weighted by Crippen LogP contribution is -2.55. The van der Waals surface area contributed by atoms with E-state index >= 15 is 0 Å². The number of aliphatic hydroxyl groups excluding tert-OH is 2. The predicted octanol–water partition coefficient (Wildman–Crippen LogP) is 2.41. The number of halogens is 6. The standard InChI is InChI=1S/C19H20F6N2O4/c20-18(21,22)17(19(23,24)25,13-1-9(5-26)15(30)10(2-13)6-27)14-3-11(7-28)16(31)12(4-14)8-29/h1-4,28-31H,5-8,26-27H2. The van der Waals surface area contributed by atoms with Crippen molar-refractivity contribution in [2.45, 2.75) is 44.1 Å². The van der Waals surface area contributed by atoms with Gasteiger partial charge in [0.25, 0.3) is 0 Å². The molecule has 0 aliphatic rings. The molecule has 2 aromatic rings. The third-order valence-corrected chi connectivity index (χ3v) is 5.03. The highest BCUT2D eigenvalue weighted by molar-refractivity contribution is 5.55. The van der Waals surface area contributed by atoms with Crippen LogP contribution in [0.15, 0.2) is 24.3 Å². The van der Waals surface area contributed by atoms with E-state index in [1.54, 1.807) is 0 Å². The van der Waals surface area contributed by atoms with Crippen molar-refractivity contribution >= 4 is 0 Å². The van der Waals surface area contributed by atoms with Crippen molar-refractivity contribution in [1.82, 2.24) is 0 Å². The molecule has 0 atom stereocenters. The average Bonchev–Trinajstić information content (AvgIpc) is 2.67. The van der Waals surface area contributed by atoms with Crippen molar-refractivity contribution in [3.63, 3.8) is 0 Å². The van der Waals surface area contributed by atoms with Crippen LogP contribution in [0.5, 0.6) is 11.5 Å². The SMILES string of the molecule is NCc1cc(C(c2cc(CO)c(O)c(CO)c2)(C(F)(F)F)C(F)(F)F)cc(CN)c1O. The number of nitrogens with two attached hydrogens (primary N) is 2. The number of phenolic OH excluding ortho intramolecular Hbond substituents is 1. The molecule has 0 aromatic heterocycles. The minimum Gasteiger partial charge on any atom is -0.507 e. The molecule has 0 aliphatic carbocycles. The van der Waals surface area contributed by atoms with Gasteiger partial charge in [-0.25, -0.2) is 0 Å². The highest BCUT2D eigenvalue weighted by Crippen LogP contribution is 2.57. The summed E-state index contributed by atoms with van der Waals surface area (Å²) in [6.45, 7) is -3.32. The molecule has 6 nitrogen and oxygen atoms in total. The fourth-order valence-corrected chi connectivity index (χ4v) is 3.49. The molecule has 2 rings (SSSR count). The Morgan fingerprint density at radius 1 is 0.613 bits per heavy atom. The first-order chi connectivity index (χ1) is 14.3. The van der Waals surface area contributed by atoms with Crippen LogP contribution in [0.1, 0.15) is 33.4 Å². The molecular weight excluding hydrogens is 434 g/mol. The Kier molecular flexibility index (Phi) is 6.81. The van der Waals surface area contributed by atoms with Gasteiger partial charge >= 0.3 is 12.4 Å². The molecule has 0 radical (unpaired) electrons. The molecule has 0 unspecified atom stereocenters. The lowest BCUT2D eigenvalue weighted by molar-refractivity contribution is -0.288. The molecule has 0 amide bonds. The molecule has 0 heterocycles. The first-order valence-corrected chi connectivity index (χ1v) is 8.75. The second-order valence-electron chi connectivity index (χ2n) is 6.76. The summed E-state index contributed by atoms with van der Waals surface area (Å²) in [5.74, 6) is -1.45. The monoisotopic (exact) mass is 454 g/mol. The molecule has 0 saturated carbocycles. The second kappa shape index (κ2) is 8.54. The summed E-state index contributed by atoms with van der Waals surface area (Å²) in [5.41, 5.74) is 1.36. The summed E-state index contributed by atoms with van der Waals surface area (Å²) >= 11 is 0. The number of aliphatic hydroxyl groups is 2. The van der Waals surface area contributed by atoms with Gasteiger partial charge in [-0.2, -0.15) is 26.3 Å². The molecule has 31 heavy (non-hydrogen) atoms. The molecule has 0 fully saturated rings. The Balaban J connectivity index is 3.12. The van der Waals surface area contributed by atoms with E-state index in [-0.39, 0.29) is 11.1 Å². The maximum absolute atomic E-state index is 14.4. The number of hydrogen-bond acceptors (Lipinski definition) is 6. The minimum absolute atomic E-state index is 0.368. The van der Waals surface area contributed by atoms with Gasteiger partial charge in [0.05, 0.1) is 13.2 Å². The molecule has 0 bridgehead atoms. The molecular formula is C19H20F6N2O4. The van der Waals surface area contributed by atoms with Crippen LogP contribution in [0.4, 0.5) is 26.3 Å². The van der Waals surface area contributed by atoms with Gasteiger partial charge < -0.3 is 31.9 Å². The molecule has 172 valence electrons. The van der Waals surface area contributed by atoms with Crippen LogP contribution in [0.2, 0.25) is 0 Å². The maximum Gasteiger partial charge on any atom is 0.411 e. The van der Waals surface area contributed by atoms with E-state index in [2.05, 4.69) is 0 Å². The van der Waals surface area contributed by atoms with Gasteiger partial charge in [0.1, 0.15) is 11.5 Å². The van der Waals surface area contributed by atoms with Crippen LogP contribution >= 0.6 is 0 Å². The van der Waals surface area contributed by atoms with E-state index in [9.17, 15) is 46.8 Å². The normalized spacial score (nSPS) is 13.0. The fraction of sp³-hybridized carbons (Fsp3) is 0.368. The number of aromatic hydroxyl groups is 2. The Morgan fingerprint density at radius 3 is 1.16 bits per heavy atom. The van der Waals surface area contributed by atoms with Crippen molar-refractivity contribution in [2.75, 3.05) is 0 Å². The fourth-order valence-electron chi connectivity index (χ4n) is 3.49. The number of phenols is 2. The van der Waals surface area contributed by atoms with Gasteiger partial charge in [-0.05, 0) is 35.4 Å². The Morgan fingerprint density at radius 2 is 0.903 bits per heavy atom. The van der Waals surface area contributed by atoms with Crippen molar-refractivity contribution in [3.8, 4) is 11.5 Å². The van der Waals surface area contributed by atoms with Crippen LogP contribution in [-0.2, 0) is 31.7 Å². The summed E-state index contributed by atoms with van der Waals surface area (Å²) in [4.78, 5) is 0. The smallest absolute Gasteiger partial charge is 0.411 e. The number of rotatable bonds is 6. The predicted molar refractivity (Wildman–Crippen MR) is 96.7 cm³/mol. The van der Waals surface area contributed by atoms with E-state index in [4.69, 9.17) is 11.5 Å². The van der Waals surface area contributed by atoms with Gasteiger partial charge in [-0.3, -0.25) is 0 Å². The second-order valence-corrected chi connectivity index (χ2v) is 6.76. The van der Waals surface area contributed by atoms with E-state index in [0.29, 0.717) is 24.3 Å². The van der Waals surface area contributed by atoms with E-state index in [1.807, 2.05) is 0 Å². The van der Waals surface area contributed by atoms with Crippen molar-refractivity contribution < 1.29 is 46.8 Å². The van der Waals surface area contributed by atoms with Crippen molar-refractivity contribution in [2.24, 2.45) is 11.5 Å². The largest absolute Gasteiger partial charge is 0.507 e. The van der Waals surface area contributed by atoms with Crippen molar-refractivity contribution in [3.05, 3.63) is 57.6 Å². The summed E-state index contributed by atoms with van der Waals surface area (Å²) in [7, 11) is 0. The quantitative estimate of drug-likeness (QED) is 0.372. The van der Waals surface area contributed by atoms with Crippen LogP contribution in [0, 0.1) is 0 Å². The van der Waals surface area contributed by atoms with E-state index in [1.165, 1.54) is 0 Å². The van der Waals surface area contributed by atoms with Gasteiger partial charge in [-0.1, -0.05) is 0 Å². The molecule has 0 aliphatic heterocycles. The third kappa shape index (κ3) is 3.91. The van der Waals surface area contributed by atoms with Gasteiger partial charge in [0.15, 0.2) is 0 Å². The van der Waals surface area contributed by atoms with E-state index < -0.39 is 77.8 Å². The third-order valence-electron chi connectivity index (χ3n) is 5.03. The topological polar surface area (TPSA) is 133 Å². The Bertz CT molecular complexity index is 832. The first-order valence-electron chi connectivity index (χ1n) is 8.75. The Hall–Kier alpha value is -2.54. The summed E-state index contributed by atoms with van der Waals surface area (Å²) in [5, 5.41) is 38.6. The number of alkyl halides is 6. The zero-order valence-electron chi connectivity index (χ0n) is 15.8. The lowest BCUT2D eigenvalue weighted by Gasteiger charge is -2.39. The highest BCUT2D eigenvalue weighted by Gasteiger charge is 2.72. The summed E-state index contributed by atoms with van der Waals surface area (Å²) in [6, 6.07) is 1.71. The van der Waals surface area contributed by atoms with Gasteiger partial charge in [0, 0.05) is 35.3 Å². The molecule has 12 heteroatoms. The first kappa shape index (κ1) is 24.7. The van der Waals surface area contributed by atoms with E-state index in [0.717, 1.165) is 0 Å². The molecule has 8 N–H and O–H groups in total. The maximum atomic E-state index is 14.4. The summed E-state index contributed by atoms with van der Waals surface area (Å²) < 4.78 is 86.1. The van der Waals surface area contributed by atoms with Crippen molar-refractivity contribution in [1.29, 1.82) is 0 Å². The van der Waals surface area contributed by atoms with Crippen LogP contribution in [0.3, 0.4) is 0 Å². The molecule has 2 aromatic carbocycles. The van der Waals surface area contributed by atoms with Gasteiger partial charge in [0.2, 0.25) is 5.41 Å². The van der Waals surface area contributed by atoms with Gasteiger partial charge in [-0.15, -0.1) is 0 Å². The van der Waals surface area contributed by atoms with Crippen LogP contribution in [0.25, 0.3) is 0 Å². The number of hydrogen-bond donors (Lipinski definition) is 6. The van der Waals surface area contributed by atoms with Crippen LogP contribution in [-0.4, -0.2) is 32.8 Å². The highest BCUT2D eigenvalue weighted by atomic mass is 19.4. The molecule has 0 saturated heterocycles. The lowest BCUT2D eigenvalue weighted by atomic mass is 9.71. The average molecular weight is 454 g/mol. The summed E-state index contributed by atoms with van der Waals surface area (Å²) in [6.07, 6.45) is -12.0. The van der Waals surface area contributed by atoms with Crippen LogP contribution < -0.4 is 11.5 Å². The molecule has 0 spiro atoms. The zero-order valence-corrected chi connectivity index (χ0v) is 15.8.